The van der Waals surface area contributed by atoms with Crippen molar-refractivity contribution in [3.63, 3.8) is 0 Å². The summed E-state index contributed by atoms with van der Waals surface area (Å²) in [6, 6.07) is 9.00. The van der Waals surface area contributed by atoms with E-state index in [-0.39, 0.29) is 6.61 Å². The molecule has 1 N–H and O–H groups in total. The summed E-state index contributed by atoms with van der Waals surface area (Å²) < 4.78 is 0. The van der Waals surface area contributed by atoms with Crippen molar-refractivity contribution in [1.82, 2.24) is 9.80 Å². The molecule has 3 nitrogen and oxygen atoms in total. The third-order valence-electron chi connectivity index (χ3n) is 3.70. The SMILES string of the molecule is CN(C)CC1CCCN1Cc1cccc(C#CCO)c1. The molecule has 0 saturated carbocycles. The van der Waals surface area contributed by atoms with Crippen molar-refractivity contribution in [3.8, 4) is 11.8 Å². The molecule has 20 heavy (non-hydrogen) atoms. The first kappa shape index (κ1) is 15.1. The lowest BCUT2D eigenvalue weighted by Crippen LogP contribution is -2.37. The van der Waals surface area contributed by atoms with Gasteiger partial charge in [0, 0.05) is 24.7 Å². The van der Waals surface area contributed by atoms with Crippen LogP contribution >= 0.6 is 0 Å². The van der Waals surface area contributed by atoms with Crippen molar-refractivity contribution in [3.05, 3.63) is 35.4 Å². The van der Waals surface area contributed by atoms with Crippen LogP contribution in [-0.2, 0) is 6.54 Å². The normalized spacial score (nSPS) is 19.1. The maximum Gasteiger partial charge on any atom is 0.104 e. The summed E-state index contributed by atoms with van der Waals surface area (Å²) in [6.45, 7) is 3.23. The topological polar surface area (TPSA) is 26.7 Å². The van der Waals surface area contributed by atoms with Gasteiger partial charge in [-0.2, -0.15) is 0 Å². The minimum Gasteiger partial charge on any atom is -0.384 e. The highest BCUT2D eigenvalue weighted by molar-refractivity contribution is 5.37. The van der Waals surface area contributed by atoms with Crippen LogP contribution < -0.4 is 0 Å². The first-order chi connectivity index (χ1) is 9.69. The van der Waals surface area contributed by atoms with Crippen LogP contribution in [0.15, 0.2) is 24.3 Å². The number of rotatable bonds is 4. The molecule has 1 aromatic rings. The molecule has 1 aromatic carbocycles. The number of likely N-dealkylation sites (tertiary alicyclic amines) is 1. The molecule has 1 atom stereocenters. The predicted octanol–water partition coefficient (Wildman–Crippen LogP) is 1.56. The Morgan fingerprint density at radius 1 is 1.40 bits per heavy atom. The largest absolute Gasteiger partial charge is 0.384 e. The summed E-state index contributed by atoms with van der Waals surface area (Å²) in [7, 11) is 4.28. The lowest BCUT2D eigenvalue weighted by Gasteiger charge is -2.27. The molecule has 0 radical (unpaired) electrons. The van der Waals surface area contributed by atoms with E-state index in [0.717, 1.165) is 18.7 Å². The van der Waals surface area contributed by atoms with Crippen LogP contribution in [0.2, 0.25) is 0 Å². The van der Waals surface area contributed by atoms with Gasteiger partial charge in [0.1, 0.15) is 6.61 Å². The molecule has 1 aliphatic rings. The molecule has 0 aromatic heterocycles. The molecular formula is C17H24N2O. The van der Waals surface area contributed by atoms with E-state index in [0.29, 0.717) is 6.04 Å². The van der Waals surface area contributed by atoms with Crippen LogP contribution in [0.1, 0.15) is 24.0 Å². The second kappa shape index (κ2) is 7.44. The summed E-state index contributed by atoms with van der Waals surface area (Å²) in [5.41, 5.74) is 2.29. The van der Waals surface area contributed by atoms with Crippen LogP contribution in [-0.4, -0.2) is 54.7 Å². The second-order valence-electron chi connectivity index (χ2n) is 5.69. The second-order valence-corrected chi connectivity index (χ2v) is 5.69. The molecule has 1 aliphatic heterocycles. The van der Waals surface area contributed by atoms with E-state index in [2.05, 4.69) is 47.9 Å². The fourth-order valence-electron chi connectivity index (χ4n) is 2.86. The summed E-state index contributed by atoms with van der Waals surface area (Å²) in [5.74, 6) is 5.68. The van der Waals surface area contributed by atoms with Gasteiger partial charge in [0.2, 0.25) is 0 Å². The molecular weight excluding hydrogens is 248 g/mol. The zero-order valence-corrected chi connectivity index (χ0v) is 12.5. The molecule has 0 bridgehead atoms. The van der Waals surface area contributed by atoms with Crippen molar-refractivity contribution in [1.29, 1.82) is 0 Å². The smallest absolute Gasteiger partial charge is 0.104 e. The van der Waals surface area contributed by atoms with E-state index in [9.17, 15) is 0 Å². The highest BCUT2D eigenvalue weighted by atomic mass is 16.2. The van der Waals surface area contributed by atoms with Gasteiger partial charge < -0.3 is 10.0 Å². The van der Waals surface area contributed by atoms with E-state index in [4.69, 9.17) is 5.11 Å². The van der Waals surface area contributed by atoms with Gasteiger partial charge in [0.15, 0.2) is 0 Å². The van der Waals surface area contributed by atoms with E-state index in [1.807, 2.05) is 12.1 Å². The molecule has 2 rings (SSSR count). The first-order valence-corrected chi connectivity index (χ1v) is 7.26. The van der Waals surface area contributed by atoms with Gasteiger partial charge in [-0.15, -0.1) is 0 Å². The first-order valence-electron chi connectivity index (χ1n) is 7.26. The fraction of sp³-hybridized carbons (Fsp3) is 0.529. The molecule has 1 heterocycles. The average molecular weight is 272 g/mol. The summed E-state index contributed by atoms with van der Waals surface area (Å²) in [4.78, 5) is 4.84. The Morgan fingerprint density at radius 2 is 2.25 bits per heavy atom. The zero-order valence-electron chi connectivity index (χ0n) is 12.5. The number of aliphatic hydroxyl groups is 1. The molecule has 108 valence electrons. The van der Waals surface area contributed by atoms with E-state index in [1.54, 1.807) is 0 Å². The zero-order chi connectivity index (χ0) is 14.4. The van der Waals surface area contributed by atoms with Gasteiger partial charge >= 0.3 is 0 Å². The Bertz CT molecular complexity index is 487. The van der Waals surface area contributed by atoms with Crippen LogP contribution in [0.4, 0.5) is 0 Å². The van der Waals surface area contributed by atoms with Crippen LogP contribution in [0.25, 0.3) is 0 Å². The third-order valence-corrected chi connectivity index (χ3v) is 3.70. The molecule has 1 saturated heterocycles. The van der Waals surface area contributed by atoms with Crippen LogP contribution in [0.5, 0.6) is 0 Å². The van der Waals surface area contributed by atoms with Crippen molar-refractivity contribution in [2.75, 3.05) is 33.8 Å². The number of aliphatic hydroxyl groups excluding tert-OH is 1. The Morgan fingerprint density at radius 3 is 3.00 bits per heavy atom. The number of nitrogens with zero attached hydrogens (tertiary/aromatic N) is 2. The quantitative estimate of drug-likeness (QED) is 0.843. The van der Waals surface area contributed by atoms with Gasteiger partial charge in [-0.3, -0.25) is 4.90 Å². The Labute approximate surface area is 122 Å². The maximum atomic E-state index is 8.76. The standard InChI is InChI=1S/C17H24N2O/c1-18(2)14-17-9-4-10-19(17)13-16-7-3-6-15(12-16)8-5-11-20/h3,6-7,12,17,20H,4,9-11,13-14H2,1-2H3. The molecule has 3 heteroatoms. The van der Waals surface area contributed by atoms with Crippen molar-refractivity contribution in [2.24, 2.45) is 0 Å². The number of hydrogen-bond donors (Lipinski definition) is 1. The predicted molar refractivity (Wildman–Crippen MR) is 82.4 cm³/mol. The molecule has 0 amide bonds. The van der Waals surface area contributed by atoms with Crippen molar-refractivity contribution in [2.45, 2.75) is 25.4 Å². The average Bonchev–Trinajstić information content (AvgIpc) is 2.83. The highest BCUT2D eigenvalue weighted by Crippen LogP contribution is 2.20. The Kier molecular flexibility index (Phi) is 5.60. The molecule has 0 aliphatic carbocycles. The number of benzene rings is 1. The fourth-order valence-corrected chi connectivity index (χ4v) is 2.86. The van der Waals surface area contributed by atoms with E-state index >= 15 is 0 Å². The molecule has 1 fully saturated rings. The highest BCUT2D eigenvalue weighted by Gasteiger charge is 2.24. The van der Waals surface area contributed by atoms with Gasteiger partial charge in [0.25, 0.3) is 0 Å². The maximum absolute atomic E-state index is 8.76. The summed E-state index contributed by atoms with van der Waals surface area (Å²) >= 11 is 0. The van der Waals surface area contributed by atoms with Gasteiger partial charge in [-0.25, -0.2) is 0 Å². The number of hydrogen-bond acceptors (Lipinski definition) is 3. The summed E-state index contributed by atoms with van der Waals surface area (Å²) in [5, 5.41) is 8.76. The third kappa shape index (κ3) is 4.35. The lowest BCUT2D eigenvalue weighted by atomic mass is 10.1. The number of likely N-dealkylation sites (N-methyl/N-ethyl adjacent to an activating group) is 1. The van der Waals surface area contributed by atoms with E-state index in [1.165, 1.54) is 24.9 Å². The van der Waals surface area contributed by atoms with Gasteiger partial charge in [-0.05, 0) is 51.2 Å². The minimum atomic E-state index is -0.0821. The molecule has 1 unspecified atom stereocenters. The Hall–Kier alpha value is -1.34. The van der Waals surface area contributed by atoms with Crippen LogP contribution in [0.3, 0.4) is 0 Å². The van der Waals surface area contributed by atoms with Gasteiger partial charge in [-0.1, -0.05) is 24.0 Å². The van der Waals surface area contributed by atoms with Crippen molar-refractivity contribution < 1.29 is 5.11 Å². The lowest BCUT2D eigenvalue weighted by molar-refractivity contribution is 0.201. The monoisotopic (exact) mass is 272 g/mol. The van der Waals surface area contributed by atoms with E-state index < -0.39 is 0 Å². The van der Waals surface area contributed by atoms with Crippen molar-refractivity contribution >= 4 is 0 Å². The molecule has 0 spiro atoms. The van der Waals surface area contributed by atoms with Crippen LogP contribution in [0, 0.1) is 11.8 Å². The Balaban J connectivity index is 2.01. The van der Waals surface area contributed by atoms with Gasteiger partial charge in [0.05, 0.1) is 0 Å². The summed E-state index contributed by atoms with van der Waals surface area (Å²) in [6.07, 6.45) is 2.59. The minimum absolute atomic E-state index is 0.0821.